The van der Waals surface area contributed by atoms with E-state index in [0.717, 1.165) is 21.1 Å². The van der Waals surface area contributed by atoms with Crippen LogP contribution < -0.4 is 10.6 Å². The predicted octanol–water partition coefficient (Wildman–Crippen LogP) is 4.06. The summed E-state index contributed by atoms with van der Waals surface area (Å²) < 4.78 is 29.5. The molecule has 1 aliphatic rings. The summed E-state index contributed by atoms with van der Waals surface area (Å²) in [6, 6.07) is 26.9. The fraction of sp³-hybridized carbons (Fsp3) is 0.182. The lowest BCUT2D eigenvalue weighted by molar-refractivity contribution is 0.582. The molecule has 1 heterocycles. The Balaban J connectivity index is 1.75. The molecule has 0 N–H and O–H groups in total. The lowest BCUT2D eigenvalue weighted by Crippen LogP contribution is -2.22. The van der Waals surface area contributed by atoms with Gasteiger partial charge in [0.1, 0.15) is 16.8 Å². The lowest BCUT2D eigenvalue weighted by Gasteiger charge is -2.19. The molecule has 27 heavy (non-hydrogen) atoms. The van der Waals surface area contributed by atoms with Gasteiger partial charge in [0.2, 0.25) is 0 Å². The van der Waals surface area contributed by atoms with Gasteiger partial charge in [-0.25, -0.2) is 8.51 Å². The molecule has 4 atom stereocenters. The van der Waals surface area contributed by atoms with Crippen molar-refractivity contribution >= 4 is 28.7 Å². The molecule has 138 valence electrons. The van der Waals surface area contributed by atoms with Crippen LogP contribution in [0.4, 0.5) is 0 Å². The fourth-order valence-electron chi connectivity index (χ4n) is 3.55. The molecule has 1 aliphatic heterocycles. The van der Waals surface area contributed by atoms with E-state index in [1.807, 2.05) is 103 Å². The Morgan fingerprint density at radius 1 is 0.815 bits per heavy atom. The van der Waals surface area contributed by atoms with Crippen LogP contribution in [0.1, 0.15) is 12.5 Å². The maximum atomic E-state index is 14.4. The topological polar surface area (TPSA) is 37.1 Å². The highest BCUT2D eigenvalue weighted by molar-refractivity contribution is 7.85. The summed E-state index contributed by atoms with van der Waals surface area (Å²) in [5.41, 5.74) is 1.13. The first-order valence-electron chi connectivity index (χ1n) is 9.01. The highest BCUT2D eigenvalue weighted by atomic mass is 32.2. The first-order chi connectivity index (χ1) is 13.0. The van der Waals surface area contributed by atoms with Crippen molar-refractivity contribution in [3.05, 3.63) is 90.5 Å². The maximum Gasteiger partial charge on any atom is 0.162 e. The van der Waals surface area contributed by atoms with Crippen LogP contribution in [0.15, 0.2) is 89.8 Å². The monoisotopic (exact) mass is 395 g/mol. The van der Waals surface area contributed by atoms with Gasteiger partial charge in [0.15, 0.2) is 7.14 Å². The number of aryl methyl sites for hydroxylation is 1. The van der Waals surface area contributed by atoms with Crippen LogP contribution in [0.2, 0.25) is 0 Å². The van der Waals surface area contributed by atoms with Crippen LogP contribution in [-0.4, -0.2) is 20.3 Å². The van der Waals surface area contributed by atoms with Crippen LogP contribution in [-0.2, 0) is 15.6 Å². The van der Waals surface area contributed by atoms with Crippen LogP contribution in [0.5, 0.6) is 0 Å². The zero-order valence-electron chi connectivity index (χ0n) is 15.4. The third-order valence-electron chi connectivity index (χ3n) is 5.07. The van der Waals surface area contributed by atoms with E-state index in [2.05, 4.69) is 0 Å². The molecule has 1 unspecified atom stereocenters. The fourth-order valence-corrected chi connectivity index (χ4v) is 8.99. The molecule has 3 aromatic rings. The second kappa shape index (κ2) is 7.20. The molecule has 1 fully saturated rings. The Hall–Kier alpha value is -2.00. The van der Waals surface area contributed by atoms with Gasteiger partial charge in [-0.15, -0.1) is 0 Å². The first kappa shape index (κ1) is 18.4. The Morgan fingerprint density at radius 2 is 1.30 bits per heavy atom. The van der Waals surface area contributed by atoms with E-state index in [4.69, 9.17) is 0 Å². The number of hydrogen-bond donors (Lipinski definition) is 0. The Bertz CT molecular complexity index is 962. The van der Waals surface area contributed by atoms with Crippen molar-refractivity contribution < 1.29 is 8.77 Å². The van der Waals surface area contributed by atoms with Crippen LogP contribution in [0.3, 0.4) is 0 Å². The summed E-state index contributed by atoms with van der Waals surface area (Å²) in [6.45, 7) is 4.02. The standard InChI is InChI=1S/C22H22NO2PS/c1-17-13-15-21(16-14-17)27(25)23-18(2)22(23)26(24,19-9-5-3-6-10-19)20-11-7-4-8-12-20/h3-16,18,22H,1-2H3/t18-,22+,23?,27+/m1/s1. The highest BCUT2D eigenvalue weighted by Gasteiger charge is 2.59. The minimum atomic E-state index is -2.95. The molecule has 0 spiro atoms. The van der Waals surface area contributed by atoms with Gasteiger partial charge in [-0.1, -0.05) is 78.4 Å². The minimum absolute atomic E-state index is 0.0154. The normalized spacial score (nSPS) is 23.0. The zero-order valence-corrected chi connectivity index (χ0v) is 17.1. The summed E-state index contributed by atoms with van der Waals surface area (Å²) in [6.07, 6.45) is 0. The second-order valence-corrected chi connectivity index (χ2v) is 11.2. The Kier molecular flexibility index (Phi) is 4.90. The molecule has 1 saturated heterocycles. The van der Waals surface area contributed by atoms with Crippen molar-refractivity contribution in [2.24, 2.45) is 0 Å². The van der Waals surface area contributed by atoms with Gasteiger partial charge < -0.3 is 4.57 Å². The van der Waals surface area contributed by atoms with Crippen molar-refractivity contribution in [3.63, 3.8) is 0 Å². The number of hydrogen-bond acceptors (Lipinski definition) is 2. The summed E-state index contributed by atoms with van der Waals surface area (Å²) in [5, 5.41) is 1.63. The van der Waals surface area contributed by atoms with Gasteiger partial charge in [0, 0.05) is 16.7 Å². The molecule has 0 amide bonds. The van der Waals surface area contributed by atoms with E-state index in [0.29, 0.717) is 0 Å². The summed E-state index contributed by atoms with van der Waals surface area (Å²) in [7, 11) is -4.27. The largest absolute Gasteiger partial charge is 0.312 e. The summed E-state index contributed by atoms with van der Waals surface area (Å²) in [4.78, 5) is 0.752. The van der Waals surface area contributed by atoms with Crippen molar-refractivity contribution in [2.45, 2.75) is 30.6 Å². The van der Waals surface area contributed by atoms with Crippen molar-refractivity contribution in [1.29, 1.82) is 0 Å². The summed E-state index contributed by atoms with van der Waals surface area (Å²) >= 11 is 0. The van der Waals surface area contributed by atoms with Crippen molar-refractivity contribution in [2.75, 3.05) is 0 Å². The molecular weight excluding hydrogens is 373 g/mol. The maximum absolute atomic E-state index is 14.4. The van der Waals surface area contributed by atoms with Gasteiger partial charge >= 0.3 is 0 Å². The SMILES string of the molecule is Cc1ccc([S@](=O)N2[C@H](C)[C@@H]2P(=O)(c2ccccc2)c2ccccc2)cc1. The first-order valence-corrected chi connectivity index (χ1v) is 11.9. The van der Waals surface area contributed by atoms with E-state index in [-0.39, 0.29) is 11.8 Å². The zero-order chi connectivity index (χ0) is 19.0. The van der Waals surface area contributed by atoms with Gasteiger partial charge in [-0.05, 0) is 26.0 Å². The molecule has 3 aromatic carbocycles. The average Bonchev–Trinajstić information content (AvgIpc) is 3.40. The Morgan fingerprint density at radius 3 is 1.78 bits per heavy atom. The van der Waals surface area contributed by atoms with Crippen LogP contribution in [0.25, 0.3) is 0 Å². The highest BCUT2D eigenvalue weighted by Crippen LogP contribution is 2.60. The van der Waals surface area contributed by atoms with Gasteiger partial charge in [0.25, 0.3) is 0 Å². The molecular formula is C22H22NO2PS. The molecule has 0 aliphatic carbocycles. The molecule has 0 bridgehead atoms. The van der Waals surface area contributed by atoms with Crippen LogP contribution >= 0.6 is 7.14 Å². The molecule has 0 aromatic heterocycles. The van der Waals surface area contributed by atoms with Gasteiger partial charge in [-0.2, -0.15) is 0 Å². The van der Waals surface area contributed by atoms with E-state index < -0.39 is 18.1 Å². The van der Waals surface area contributed by atoms with Gasteiger partial charge in [-0.3, -0.25) is 0 Å². The van der Waals surface area contributed by atoms with Crippen LogP contribution in [0, 0.1) is 6.92 Å². The van der Waals surface area contributed by atoms with E-state index in [1.165, 1.54) is 0 Å². The second-order valence-electron chi connectivity index (χ2n) is 6.91. The molecule has 0 radical (unpaired) electrons. The van der Waals surface area contributed by atoms with E-state index in [9.17, 15) is 8.77 Å². The van der Waals surface area contributed by atoms with E-state index >= 15 is 0 Å². The smallest absolute Gasteiger partial charge is 0.162 e. The molecule has 0 saturated carbocycles. The summed E-state index contributed by atoms with van der Waals surface area (Å²) in [5.74, 6) is -0.260. The average molecular weight is 395 g/mol. The van der Waals surface area contributed by atoms with E-state index in [1.54, 1.807) is 0 Å². The Labute approximate surface area is 163 Å². The van der Waals surface area contributed by atoms with Crippen molar-refractivity contribution in [3.8, 4) is 0 Å². The van der Waals surface area contributed by atoms with Crippen molar-refractivity contribution in [1.82, 2.24) is 4.31 Å². The molecule has 5 heteroatoms. The number of rotatable bonds is 5. The molecule has 4 rings (SSSR count). The predicted molar refractivity (Wildman–Crippen MR) is 112 cm³/mol. The number of benzene rings is 3. The number of nitrogens with zero attached hydrogens (tertiary/aromatic N) is 1. The third kappa shape index (κ3) is 3.23. The molecule has 3 nitrogen and oxygen atoms in total. The quantitative estimate of drug-likeness (QED) is 0.483. The lowest BCUT2D eigenvalue weighted by atomic mass is 10.2. The van der Waals surface area contributed by atoms with Gasteiger partial charge in [0.05, 0.1) is 4.90 Å². The third-order valence-corrected chi connectivity index (χ3v) is 10.4. The minimum Gasteiger partial charge on any atom is -0.312 e.